The molecule has 117 heavy (non-hydrogen) atoms. The Balaban J connectivity index is 0.000000247. The number of nitrogens with one attached hydrogen (secondary N) is 7. The number of aliphatic carboxylic acids is 1. The monoisotopic (exact) mass is 1650 g/mol. The van der Waals surface area contributed by atoms with Gasteiger partial charge >= 0.3 is 42.5 Å². The molecule has 0 aromatic heterocycles. The highest BCUT2D eigenvalue weighted by atomic mass is 35.5. The first kappa shape index (κ1) is 92.3. The number of guanidine groups is 2. The third kappa shape index (κ3) is 32.3. The topological polar surface area (TPSA) is 330 Å². The fourth-order valence-electron chi connectivity index (χ4n) is 15.7. The fraction of sp³-hybridized carbons (Fsp3) is 0.489. The number of hydrogen-bond donors (Lipinski definition) is 8. The molecule has 2 heterocycles. The molecular formula is C90H118Cl2N10O15. The van der Waals surface area contributed by atoms with Gasteiger partial charge in [-0.15, -0.1) is 0 Å². The van der Waals surface area contributed by atoms with Crippen LogP contribution in [0.2, 0.25) is 10.0 Å². The van der Waals surface area contributed by atoms with E-state index in [2.05, 4.69) is 26.6 Å². The van der Waals surface area contributed by atoms with Crippen molar-refractivity contribution in [2.75, 3.05) is 39.3 Å². The van der Waals surface area contributed by atoms with Crippen LogP contribution in [0.15, 0.2) is 170 Å². The molecule has 4 fully saturated rings. The molecule has 632 valence electrons. The molecule has 2 saturated heterocycles. The van der Waals surface area contributed by atoms with Crippen molar-refractivity contribution in [2.24, 2.45) is 22.7 Å². The van der Waals surface area contributed by atoms with Crippen molar-refractivity contribution in [3.05, 3.63) is 213 Å². The van der Waals surface area contributed by atoms with Crippen molar-refractivity contribution < 1.29 is 71.9 Å². The van der Waals surface area contributed by atoms with E-state index >= 15 is 0 Å². The number of likely N-dealkylation sites (tertiary alicyclic amines) is 1. The molecule has 2 aliphatic heterocycles. The summed E-state index contributed by atoms with van der Waals surface area (Å²) in [7, 11) is 0. The van der Waals surface area contributed by atoms with Gasteiger partial charge in [0.25, 0.3) is 0 Å². The predicted octanol–water partition coefficient (Wildman–Crippen LogP) is 18.3. The summed E-state index contributed by atoms with van der Waals surface area (Å²) in [5, 5.41) is 41.2. The van der Waals surface area contributed by atoms with E-state index < -0.39 is 71.8 Å². The van der Waals surface area contributed by atoms with Gasteiger partial charge in [0.15, 0.2) is 0 Å². The first-order valence-electron chi connectivity index (χ1n) is 40.8. The molecule has 4 aliphatic rings. The summed E-state index contributed by atoms with van der Waals surface area (Å²) in [5.74, 6) is -0.866. The van der Waals surface area contributed by atoms with Gasteiger partial charge in [0.1, 0.15) is 49.7 Å². The maximum atomic E-state index is 14.2. The Kier molecular flexibility index (Phi) is 36.8. The zero-order valence-corrected chi connectivity index (χ0v) is 70.0. The highest BCUT2D eigenvalue weighted by Gasteiger charge is 2.44. The van der Waals surface area contributed by atoms with Crippen LogP contribution in [0, 0.1) is 33.5 Å². The number of carboxylic acid groups (broad SMARTS) is 1. The molecule has 6 aromatic carbocycles. The van der Waals surface area contributed by atoms with Gasteiger partial charge in [-0.1, -0.05) is 207 Å². The third-order valence-electron chi connectivity index (χ3n) is 21.7. The van der Waals surface area contributed by atoms with Crippen molar-refractivity contribution in [3.8, 4) is 0 Å². The summed E-state index contributed by atoms with van der Waals surface area (Å²) in [5.41, 5.74) is 3.70. The quantitative estimate of drug-likeness (QED) is 0.0142. The zero-order valence-electron chi connectivity index (χ0n) is 68.4. The van der Waals surface area contributed by atoms with Crippen LogP contribution in [0.25, 0.3) is 0 Å². The van der Waals surface area contributed by atoms with Crippen molar-refractivity contribution in [1.82, 2.24) is 41.3 Å². The van der Waals surface area contributed by atoms with Crippen LogP contribution in [0.1, 0.15) is 190 Å². The minimum atomic E-state index is -1.12. The first-order valence-corrected chi connectivity index (χ1v) is 41.6. The van der Waals surface area contributed by atoms with Gasteiger partial charge in [0, 0.05) is 49.1 Å². The molecule has 0 radical (unpaired) electrons. The van der Waals surface area contributed by atoms with Gasteiger partial charge in [0.2, 0.25) is 17.8 Å². The van der Waals surface area contributed by atoms with Crippen LogP contribution in [0.5, 0.6) is 0 Å². The molecule has 0 unspecified atom stereocenters. The van der Waals surface area contributed by atoms with Crippen LogP contribution >= 0.6 is 23.2 Å². The maximum absolute atomic E-state index is 14.2. The van der Waals surface area contributed by atoms with Gasteiger partial charge in [-0.3, -0.25) is 26.2 Å². The molecule has 0 spiro atoms. The molecular weight excluding hydrogens is 1530 g/mol. The molecule has 6 aromatic rings. The van der Waals surface area contributed by atoms with Crippen LogP contribution in [-0.2, 0) is 77.3 Å². The SMILES string of the molecule is CC(C)(C)OC(=O)N[C@H](Cc1ccc(Cl)cc1)C(=O)N1CCC(CCCN(C(=N)NC(=O)OCc2ccccc2)C(=O)OCc2ccccc2)(C2CCCCC2)CC1.CC(C)(C)OC(=O)N[C@H](Cc1ccc(Cl)cc1)C(=O)O.N=C(NC(=O)OCc1ccccc1)N(CCCC1(C2CCCCC2)CCNCC1)C(=O)OCc1ccccc1. The summed E-state index contributed by atoms with van der Waals surface area (Å²) in [6, 6.07) is 49.4. The molecule has 27 heteroatoms. The van der Waals surface area contributed by atoms with E-state index in [9.17, 15) is 38.4 Å². The molecule has 8 N–H and O–H groups in total. The lowest BCUT2D eigenvalue weighted by Gasteiger charge is -2.49. The van der Waals surface area contributed by atoms with Crippen LogP contribution < -0.4 is 26.6 Å². The van der Waals surface area contributed by atoms with E-state index in [0.29, 0.717) is 42.0 Å². The lowest BCUT2D eigenvalue weighted by atomic mass is 9.61. The number of carbonyl (C=O) groups is 8. The van der Waals surface area contributed by atoms with Gasteiger partial charge in [-0.2, -0.15) is 0 Å². The molecule has 0 bridgehead atoms. The van der Waals surface area contributed by atoms with Gasteiger partial charge in [-0.25, -0.2) is 43.4 Å². The number of carbonyl (C=O) groups excluding carboxylic acids is 7. The lowest BCUT2D eigenvalue weighted by Crippen LogP contribution is -2.54. The number of carboxylic acids is 1. The number of rotatable bonds is 26. The number of ether oxygens (including phenoxy) is 6. The highest BCUT2D eigenvalue weighted by molar-refractivity contribution is 6.30. The Morgan fingerprint density at radius 1 is 0.462 bits per heavy atom. The van der Waals surface area contributed by atoms with E-state index in [1.807, 2.05) is 138 Å². The largest absolute Gasteiger partial charge is 0.480 e. The Bertz CT molecular complexity index is 4110. The van der Waals surface area contributed by atoms with E-state index in [-0.39, 0.29) is 68.5 Å². The Labute approximate surface area is 698 Å². The van der Waals surface area contributed by atoms with Crippen molar-refractivity contribution in [3.63, 3.8) is 0 Å². The molecule has 7 amide bonds. The average Bonchev–Trinajstić information content (AvgIpc) is 0.791. The molecule has 25 nitrogen and oxygen atoms in total. The number of hydrogen-bond acceptors (Lipinski definition) is 17. The van der Waals surface area contributed by atoms with Gasteiger partial charge < -0.3 is 54.4 Å². The summed E-state index contributed by atoms with van der Waals surface area (Å²) >= 11 is 11.9. The molecule has 2 saturated carbocycles. The predicted molar refractivity (Wildman–Crippen MR) is 450 cm³/mol. The Morgan fingerprint density at radius 3 is 1.15 bits per heavy atom. The minimum absolute atomic E-state index is 0.0135. The number of halogens is 2. The number of amides is 7. The van der Waals surface area contributed by atoms with E-state index in [4.69, 9.17) is 67.5 Å². The first-order chi connectivity index (χ1) is 56.0. The third-order valence-corrected chi connectivity index (χ3v) is 22.2. The lowest BCUT2D eigenvalue weighted by molar-refractivity contribution is -0.139. The molecule has 2 atom stereocenters. The second-order valence-corrected chi connectivity index (χ2v) is 33.4. The van der Waals surface area contributed by atoms with E-state index in [1.165, 1.54) is 43.4 Å². The van der Waals surface area contributed by atoms with Crippen molar-refractivity contribution in [1.29, 1.82) is 10.8 Å². The second kappa shape index (κ2) is 46.6. The van der Waals surface area contributed by atoms with Crippen LogP contribution in [0.4, 0.5) is 28.8 Å². The second-order valence-electron chi connectivity index (χ2n) is 32.5. The summed E-state index contributed by atoms with van der Waals surface area (Å²) in [6.07, 6.45) is 15.1. The summed E-state index contributed by atoms with van der Waals surface area (Å²) in [4.78, 5) is 106. The minimum Gasteiger partial charge on any atom is -0.480 e. The number of benzene rings is 6. The standard InChI is InChI=1S/C45H58ClN5O7.C31H42N4O4.C14H18ClNO4/c1-44(2,3)58-42(54)48-38(30-33-20-22-37(46)23-21-33)39(52)50-28-25-45(26-29-50,36-18-11-6-12-19-36)24-13-27-51(43(55)57-32-35-16-9-5-10-17-35)40(47)49-41(53)56-31-34-14-7-4-8-15-34;32-28(34-29(36)38-23-25-11-4-1-5-12-25)35(30(37)39-24-26-13-6-2-7-14-26)22-10-17-31(18-20-33-21-19-31)27-15-8-3-9-16-27;1-14(2,3)20-13(19)16-11(12(17)18)8-9-4-6-10(15)7-5-9/h4-5,7-10,14-17,20-23,36,38H,6,11-13,18-19,24-32H2,1-3H3,(H,48,54)(H2,47,49,53);1-2,4-7,11-14,27,33H,3,8-10,15-24H2,(H2,32,34,36);4-7,11H,8H2,1-3H3,(H,16,19)(H,17,18)/t38-;;11-/m1.1/s1. The van der Waals surface area contributed by atoms with Gasteiger partial charge in [-0.05, 0) is 212 Å². The van der Waals surface area contributed by atoms with Crippen LogP contribution in [0.3, 0.4) is 0 Å². The highest BCUT2D eigenvalue weighted by Crippen LogP contribution is 2.50. The smallest absolute Gasteiger partial charge is 0.416 e. The Morgan fingerprint density at radius 2 is 0.795 bits per heavy atom. The summed E-state index contributed by atoms with van der Waals surface area (Å²) < 4.78 is 32.4. The summed E-state index contributed by atoms with van der Waals surface area (Å²) in [6.45, 7) is 14.2. The Hall–Kier alpha value is -10.2. The number of piperidine rings is 2. The van der Waals surface area contributed by atoms with Crippen LogP contribution in [-0.4, -0.2) is 143 Å². The normalized spacial score (nSPS) is 15.8. The fourth-order valence-corrected chi connectivity index (χ4v) is 15.9. The van der Waals surface area contributed by atoms with E-state index in [0.717, 1.165) is 128 Å². The zero-order chi connectivity index (χ0) is 84.2. The van der Waals surface area contributed by atoms with Crippen molar-refractivity contribution in [2.45, 2.75) is 220 Å². The maximum Gasteiger partial charge on any atom is 0.416 e. The van der Waals surface area contributed by atoms with Gasteiger partial charge in [0.05, 0.1) is 0 Å². The number of alkyl carbamates (subject to hydrolysis) is 4. The van der Waals surface area contributed by atoms with E-state index in [1.54, 1.807) is 77.9 Å². The molecule has 2 aliphatic carbocycles. The number of nitrogens with zero attached hydrogens (tertiary/aromatic N) is 3. The van der Waals surface area contributed by atoms with Crippen molar-refractivity contribution >= 4 is 83.6 Å². The molecule has 10 rings (SSSR count). The average molecular weight is 1650 g/mol.